The molecule has 1 fully saturated rings. The van der Waals surface area contributed by atoms with Gasteiger partial charge in [0.1, 0.15) is 15.5 Å². The number of amides is 1. The fourth-order valence-electron chi connectivity index (χ4n) is 3.74. The Morgan fingerprint density at radius 3 is 2.20 bits per heavy atom. The van der Waals surface area contributed by atoms with Crippen molar-refractivity contribution in [3.8, 4) is 5.75 Å². The largest absolute Gasteiger partial charge is 0.379 e. The van der Waals surface area contributed by atoms with Crippen LogP contribution in [-0.2, 0) is 36.2 Å². The topological polar surface area (TPSA) is 110 Å². The number of hydrogen-bond acceptors (Lipinski definition) is 7. The molecule has 0 spiro atoms. The second-order valence-corrected chi connectivity index (χ2v) is 12.6. The van der Waals surface area contributed by atoms with Gasteiger partial charge in [-0.25, -0.2) is 12.7 Å². The number of benzene rings is 2. The van der Waals surface area contributed by atoms with Gasteiger partial charge in [0.2, 0.25) is 15.9 Å². The van der Waals surface area contributed by atoms with Crippen LogP contribution >= 0.6 is 0 Å². The summed E-state index contributed by atoms with van der Waals surface area (Å²) >= 11 is 0. The molecular formula is C24H32N2O7S2. The van der Waals surface area contributed by atoms with Crippen LogP contribution < -0.4 is 4.18 Å². The molecule has 1 heterocycles. The number of sulfonamides is 1. The molecule has 0 aliphatic carbocycles. The van der Waals surface area contributed by atoms with Gasteiger partial charge in [-0.05, 0) is 42.7 Å². The Labute approximate surface area is 207 Å². The predicted molar refractivity (Wildman–Crippen MR) is 131 cm³/mol. The molecule has 0 bridgehead atoms. The Balaban J connectivity index is 1.78. The monoisotopic (exact) mass is 524 g/mol. The Hall–Kier alpha value is -2.47. The smallest absolute Gasteiger partial charge is 0.340 e. The van der Waals surface area contributed by atoms with Crippen molar-refractivity contribution in [1.29, 1.82) is 0 Å². The van der Waals surface area contributed by atoms with E-state index >= 15 is 0 Å². The number of rotatable bonds is 10. The van der Waals surface area contributed by atoms with E-state index in [0.717, 1.165) is 22.7 Å². The van der Waals surface area contributed by atoms with Gasteiger partial charge < -0.3 is 13.8 Å². The van der Waals surface area contributed by atoms with Crippen LogP contribution in [0.15, 0.2) is 58.3 Å². The van der Waals surface area contributed by atoms with Gasteiger partial charge in [0, 0.05) is 39.7 Å². The van der Waals surface area contributed by atoms with Gasteiger partial charge >= 0.3 is 10.1 Å². The first kappa shape index (κ1) is 27.1. The summed E-state index contributed by atoms with van der Waals surface area (Å²) in [6.45, 7) is 5.25. The van der Waals surface area contributed by atoms with Crippen LogP contribution in [0.5, 0.6) is 5.75 Å². The molecule has 0 radical (unpaired) electrons. The molecule has 1 saturated heterocycles. The molecule has 1 atom stereocenters. The number of hydrogen-bond donors (Lipinski definition) is 0. The van der Waals surface area contributed by atoms with Gasteiger partial charge in [-0.2, -0.15) is 8.42 Å². The third-order valence-corrected chi connectivity index (χ3v) is 8.94. The first-order valence-corrected chi connectivity index (χ1v) is 14.2. The molecule has 11 heteroatoms. The molecule has 0 saturated carbocycles. The number of carbonyl (C=O) groups is 1. The maximum atomic E-state index is 12.9. The van der Waals surface area contributed by atoms with Crippen molar-refractivity contribution in [3.63, 3.8) is 0 Å². The molecule has 1 amide bonds. The minimum absolute atomic E-state index is 0.0158. The first-order valence-electron chi connectivity index (χ1n) is 11.4. The fourth-order valence-corrected chi connectivity index (χ4v) is 6.34. The van der Waals surface area contributed by atoms with Gasteiger partial charge in [0.15, 0.2) is 0 Å². The summed E-state index contributed by atoms with van der Waals surface area (Å²) in [7, 11) is -5.78. The van der Waals surface area contributed by atoms with Crippen LogP contribution in [-0.4, -0.2) is 65.3 Å². The van der Waals surface area contributed by atoms with Crippen molar-refractivity contribution in [2.75, 3.05) is 27.2 Å². The second-order valence-electron chi connectivity index (χ2n) is 8.92. The Kier molecular flexibility index (Phi) is 8.58. The lowest BCUT2D eigenvalue weighted by Gasteiger charge is -2.27. The molecule has 0 unspecified atom stereocenters. The van der Waals surface area contributed by atoms with Crippen molar-refractivity contribution < 1.29 is 30.6 Å². The SMILES string of the molecule is CC(C)C(=O)N(Cc1ccc(OS(=O)(=O)c2ccccc2S(=O)(=O)N(C)C)cc1)C[C@H]1CCCO1. The van der Waals surface area contributed by atoms with E-state index < -0.39 is 25.0 Å². The zero-order chi connectivity index (χ0) is 25.8. The standard InChI is InChI=1S/C24H32N2O7S2/c1-18(2)24(27)26(17-21-8-7-15-32-21)16-19-11-13-20(14-12-19)33-35(30,31)23-10-6-5-9-22(23)34(28,29)25(3)4/h5-6,9-14,18,21H,7-8,15-17H2,1-4H3/t21-/m1/s1. The van der Waals surface area contributed by atoms with Crippen molar-refractivity contribution >= 4 is 26.0 Å². The van der Waals surface area contributed by atoms with Crippen molar-refractivity contribution in [2.24, 2.45) is 5.92 Å². The van der Waals surface area contributed by atoms with E-state index in [1.54, 1.807) is 17.0 Å². The van der Waals surface area contributed by atoms with Crippen LogP contribution in [0.2, 0.25) is 0 Å². The molecule has 3 rings (SSSR count). The lowest BCUT2D eigenvalue weighted by Crippen LogP contribution is -2.39. The summed E-state index contributed by atoms with van der Waals surface area (Å²) in [5.41, 5.74) is 0.803. The maximum absolute atomic E-state index is 12.9. The Morgan fingerprint density at radius 2 is 1.66 bits per heavy atom. The van der Waals surface area contributed by atoms with E-state index in [2.05, 4.69) is 0 Å². The van der Waals surface area contributed by atoms with Crippen LogP contribution in [0.25, 0.3) is 0 Å². The Morgan fingerprint density at radius 1 is 1.03 bits per heavy atom. The lowest BCUT2D eigenvalue weighted by molar-refractivity contribution is -0.136. The average Bonchev–Trinajstić information content (AvgIpc) is 3.32. The van der Waals surface area contributed by atoms with Crippen LogP contribution in [0.4, 0.5) is 0 Å². The highest BCUT2D eigenvalue weighted by molar-refractivity contribution is 7.91. The van der Waals surface area contributed by atoms with Gasteiger partial charge in [-0.1, -0.05) is 38.1 Å². The lowest BCUT2D eigenvalue weighted by atomic mass is 10.1. The van der Waals surface area contributed by atoms with Crippen LogP contribution in [0.3, 0.4) is 0 Å². The van der Waals surface area contributed by atoms with E-state index in [4.69, 9.17) is 8.92 Å². The summed E-state index contributed by atoms with van der Waals surface area (Å²) in [4.78, 5) is 13.7. The van der Waals surface area contributed by atoms with Gasteiger partial charge in [-0.3, -0.25) is 4.79 Å². The van der Waals surface area contributed by atoms with Gasteiger partial charge in [0.25, 0.3) is 0 Å². The number of ether oxygens (including phenoxy) is 1. The summed E-state index contributed by atoms with van der Waals surface area (Å²) in [5.74, 6) is -0.114. The zero-order valence-electron chi connectivity index (χ0n) is 20.4. The molecule has 1 aliphatic rings. The normalized spacial score (nSPS) is 16.6. The molecule has 2 aromatic carbocycles. The molecule has 2 aromatic rings. The van der Waals surface area contributed by atoms with E-state index in [-0.39, 0.29) is 28.6 Å². The summed E-state index contributed by atoms with van der Waals surface area (Å²) in [6.07, 6.45) is 1.91. The minimum atomic E-state index is -4.42. The van der Waals surface area contributed by atoms with Crippen LogP contribution in [0.1, 0.15) is 32.3 Å². The molecule has 9 nitrogen and oxygen atoms in total. The predicted octanol–water partition coefficient (Wildman–Crippen LogP) is 2.87. The van der Waals surface area contributed by atoms with Gasteiger partial charge in [0.05, 0.1) is 6.10 Å². The highest BCUT2D eigenvalue weighted by Gasteiger charge is 2.29. The molecule has 192 valence electrons. The average molecular weight is 525 g/mol. The molecule has 0 aromatic heterocycles. The van der Waals surface area contributed by atoms with Crippen molar-refractivity contribution in [3.05, 3.63) is 54.1 Å². The number of nitrogens with zero attached hydrogens (tertiary/aromatic N) is 2. The van der Waals surface area contributed by atoms with Gasteiger partial charge in [-0.15, -0.1) is 0 Å². The van der Waals surface area contributed by atoms with E-state index in [9.17, 15) is 21.6 Å². The quantitative estimate of drug-likeness (QED) is 0.440. The second kappa shape index (κ2) is 11.1. The highest BCUT2D eigenvalue weighted by Crippen LogP contribution is 2.27. The summed E-state index contributed by atoms with van der Waals surface area (Å²) in [5, 5.41) is 0. The van der Waals surface area contributed by atoms with E-state index in [0.29, 0.717) is 19.7 Å². The minimum Gasteiger partial charge on any atom is -0.379 e. The van der Waals surface area contributed by atoms with Crippen LogP contribution in [0, 0.1) is 5.92 Å². The number of carbonyl (C=O) groups excluding carboxylic acids is 1. The fraction of sp³-hybridized carbons (Fsp3) is 0.458. The third-order valence-electron chi connectivity index (χ3n) is 5.63. The Bertz CT molecular complexity index is 1230. The first-order chi connectivity index (χ1) is 16.4. The zero-order valence-corrected chi connectivity index (χ0v) is 22.0. The van der Waals surface area contributed by atoms with E-state index in [1.165, 1.54) is 50.5 Å². The van der Waals surface area contributed by atoms with E-state index in [1.807, 2.05) is 13.8 Å². The molecule has 0 N–H and O–H groups in total. The summed E-state index contributed by atoms with van der Waals surface area (Å²) < 4.78 is 62.9. The molecule has 35 heavy (non-hydrogen) atoms. The van der Waals surface area contributed by atoms with Crippen molar-refractivity contribution in [1.82, 2.24) is 9.21 Å². The van der Waals surface area contributed by atoms with Crippen molar-refractivity contribution in [2.45, 2.75) is 49.1 Å². The maximum Gasteiger partial charge on any atom is 0.340 e. The highest BCUT2D eigenvalue weighted by atomic mass is 32.2. The summed E-state index contributed by atoms with van der Waals surface area (Å²) in [6, 6.07) is 11.6. The third kappa shape index (κ3) is 6.60. The molecular weight excluding hydrogens is 492 g/mol. The molecule has 1 aliphatic heterocycles.